The van der Waals surface area contributed by atoms with Gasteiger partial charge in [0, 0.05) is 5.56 Å². The summed E-state index contributed by atoms with van der Waals surface area (Å²) in [5.41, 5.74) is 0.133. The Balaban J connectivity index is 3.13. The fourth-order valence-corrected chi connectivity index (χ4v) is 4.24. The summed E-state index contributed by atoms with van der Waals surface area (Å²) in [5, 5.41) is 2.40. The minimum absolute atomic E-state index is 0.133. The lowest BCUT2D eigenvalue weighted by Crippen LogP contribution is -2.42. The van der Waals surface area contributed by atoms with Gasteiger partial charge in [0.15, 0.2) is 0 Å². The summed E-state index contributed by atoms with van der Waals surface area (Å²) in [6.07, 6.45) is -3.71. The van der Waals surface area contributed by atoms with Crippen LogP contribution in [0.3, 0.4) is 0 Å². The summed E-state index contributed by atoms with van der Waals surface area (Å²) >= 11 is 7.40. The Hall–Kier alpha value is 0.340. The van der Waals surface area contributed by atoms with Gasteiger partial charge in [-0.15, -0.1) is 11.3 Å². The van der Waals surface area contributed by atoms with Gasteiger partial charge in [0.1, 0.15) is 6.04 Å². The maximum absolute atomic E-state index is 13.4. The lowest BCUT2D eigenvalue weighted by atomic mass is 10.0. The molecule has 0 saturated carbocycles. The molecule has 1 aromatic rings. The van der Waals surface area contributed by atoms with Gasteiger partial charge >= 0.3 is 12.3 Å². The molecule has 1 aromatic heterocycles. The molecule has 0 aliphatic rings. The standard InChI is InChI=1S/C9H9Br2F4NS/c1-2-16-6(9(14,15)8(12)13)4-3-5(10)17-7(4)11/h3,6,8,16H,2H2,1H3. The first-order valence-corrected chi connectivity index (χ1v) is 7.05. The van der Waals surface area contributed by atoms with Crippen molar-refractivity contribution in [3.05, 3.63) is 19.2 Å². The minimum atomic E-state index is -4.11. The third kappa shape index (κ3) is 3.42. The normalized spacial score (nSPS) is 14.4. The first kappa shape index (κ1) is 15.4. The van der Waals surface area contributed by atoms with E-state index in [0.29, 0.717) is 7.57 Å². The largest absolute Gasteiger partial charge is 0.326 e. The summed E-state index contributed by atoms with van der Waals surface area (Å²) in [4.78, 5) is 0. The lowest BCUT2D eigenvalue weighted by Gasteiger charge is -2.26. The van der Waals surface area contributed by atoms with Gasteiger partial charge < -0.3 is 5.32 Å². The van der Waals surface area contributed by atoms with Gasteiger partial charge in [-0.1, -0.05) is 6.92 Å². The van der Waals surface area contributed by atoms with Gasteiger partial charge in [-0.2, -0.15) is 8.78 Å². The van der Waals surface area contributed by atoms with Crippen LogP contribution in [-0.2, 0) is 0 Å². The molecule has 0 aromatic carbocycles. The predicted molar refractivity (Wildman–Crippen MR) is 67.1 cm³/mol. The number of rotatable bonds is 5. The van der Waals surface area contributed by atoms with E-state index in [2.05, 4.69) is 37.2 Å². The predicted octanol–water partition coefficient (Wildman–Crippen LogP) is 4.82. The van der Waals surface area contributed by atoms with E-state index >= 15 is 0 Å². The van der Waals surface area contributed by atoms with E-state index in [-0.39, 0.29) is 12.1 Å². The highest BCUT2D eigenvalue weighted by atomic mass is 79.9. The highest BCUT2D eigenvalue weighted by Gasteiger charge is 2.50. The number of hydrogen-bond donors (Lipinski definition) is 1. The third-order valence-corrected chi connectivity index (χ3v) is 4.46. The molecular formula is C9H9Br2F4NS. The molecule has 1 nitrogen and oxygen atoms in total. The van der Waals surface area contributed by atoms with Crippen LogP contribution >= 0.6 is 43.2 Å². The van der Waals surface area contributed by atoms with Crippen LogP contribution < -0.4 is 5.32 Å². The fourth-order valence-electron chi connectivity index (χ4n) is 1.33. The van der Waals surface area contributed by atoms with Gasteiger partial charge in [-0.3, -0.25) is 0 Å². The SMILES string of the molecule is CCNC(c1cc(Br)sc1Br)C(F)(F)C(F)F. The zero-order chi connectivity index (χ0) is 13.2. The summed E-state index contributed by atoms with van der Waals surface area (Å²) in [5.74, 6) is -4.11. The molecule has 0 aliphatic heterocycles. The number of alkyl halides is 4. The second-order valence-electron chi connectivity index (χ2n) is 3.25. The molecule has 1 unspecified atom stereocenters. The average Bonchev–Trinajstić information content (AvgIpc) is 2.53. The number of nitrogens with one attached hydrogen (secondary N) is 1. The number of thiophene rings is 1. The molecule has 1 heterocycles. The maximum atomic E-state index is 13.4. The Bertz CT molecular complexity index is 383. The van der Waals surface area contributed by atoms with E-state index in [4.69, 9.17) is 0 Å². The summed E-state index contributed by atoms with van der Waals surface area (Å²) in [7, 11) is 0. The highest BCUT2D eigenvalue weighted by Crippen LogP contribution is 2.43. The third-order valence-electron chi connectivity index (χ3n) is 2.08. The quantitative estimate of drug-likeness (QED) is 0.701. The molecule has 0 radical (unpaired) electrons. The molecule has 0 aliphatic carbocycles. The molecule has 0 bridgehead atoms. The highest BCUT2D eigenvalue weighted by molar-refractivity contribution is 9.12. The molecule has 1 rings (SSSR count). The van der Waals surface area contributed by atoms with Gasteiger partial charge in [0.25, 0.3) is 0 Å². The Morgan fingerprint density at radius 1 is 1.41 bits per heavy atom. The summed E-state index contributed by atoms with van der Waals surface area (Å²) in [6.45, 7) is 1.76. The fraction of sp³-hybridized carbons (Fsp3) is 0.556. The van der Waals surface area contributed by atoms with Crippen LogP contribution in [0.15, 0.2) is 13.6 Å². The Morgan fingerprint density at radius 3 is 2.35 bits per heavy atom. The van der Waals surface area contributed by atoms with Crippen LogP contribution in [0.5, 0.6) is 0 Å². The second-order valence-corrected chi connectivity index (χ2v) is 6.99. The van der Waals surface area contributed by atoms with Crippen molar-refractivity contribution in [3.8, 4) is 0 Å². The average molecular weight is 399 g/mol. The van der Waals surface area contributed by atoms with Crippen molar-refractivity contribution in [2.45, 2.75) is 25.3 Å². The molecule has 0 amide bonds. The number of halogens is 6. The molecule has 98 valence electrons. The molecule has 0 spiro atoms. The van der Waals surface area contributed by atoms with E-state index in [9.17, 15) is 17.6 Å². The zero-order valence-electron chi connectivity index (χ0n) is 8.62. The lowest BCUT2D eigenvalue weighted by molar-refractivity contribution is -0.151. The first-order valence-electron chi connectivity index (χ1n) is 4.64. The zero-order valence-corrected chi connectivity index (χ0v) is 12.6. The van der Waals surface area contributed by atoms with Crippen LogP contribution in [0.1, 0.15) is 18.5 Å². The summed E-state index contributed by atoms with van der Waals surface area (Å²) in [6, 6.07) is -0.289. The maximum Gasteiger partial charge on any atom is 0.326 e. The molecule has 17 heavy (non-hydrogen) atoms. The van der Waals surface area contributed by atoms with Crippen LogP contribution in [0, 0.1) is 0 Å². The van der Waals surface area contributed by atoms with Crippen molar-refractivity contribution in [2.75, 3.05) is 6.54 Å². The monoisotopic (exact) mass is 397 g/mol. The molecule has 0 saturated heterocycles. The van der Waals surface area contributed by atoms with Crippen LogP contribution in [0.2, 0.25) is 0 Å². The van der Waals surface area contributed by atoms with E-state index < -0.39 is 18.4 Å². The van der Waals surface area contributed by atoms with Gasteiger partial charge in [-0.05, 0) is 44.5 Å². The first-order chi connectivity index (χ1) is 7.80. The summed E-state index contributed by atoms with van der Waals surface area (Å²) < 4.78 is 52.7. The molecule has 8 heteroatoms. The second kappa shape index (κ2) is 5.99. The minimum Gasteiger partial charge on any atom is -0.305 e. The van der Waals surface area contributed by atoms with Crippen molar-refractivity contribution in [2.24, 2.45) is 0 Å². The smallest absolute Gasteiger partial charge is 0.305 e. The van der Waals surface area contributed by atoms with Crippen molar-refractivity contribution >= 4 is 43.2 Å². The van der Waals surface area contributed by atoms with Crippen molar-refractivity contribution < 1.29 is 17.6 Å². The van der Waals surface area contributed by atoms with Crippen LogP contribution in [0.4, 0.5) is 17.6 Å². The van der Waals surface area contributed by atoms with Crippen LogP contribution in [0.25, 0.3) is 0 Å². The number of hydrogen-bond acceptors (Lipinski definition) is 2. The van der Waals surface area contributed by atoms with E-state index in [1.165, 1.54) is 17.4 Å². The van der Waals surface area contributed by atoms with E-state index in [1.54, 1.807) is 6.92 Å². The Kier molecular flexibility index (Phi) is 5.42. The van der Waals surface area contributed by atoms with E-state index in [1.807, 2.05) is 0 Å². The molecule has 1 atom stereocenters. The van der Waals surface area contributed by atoms with E-state index in [0.717, 1.165) is 0 Å². The topological polar surface area (TPSA) is 12.0 Å². The van der Waals surface area contributed by atoms with Gasteiger partial charge in [-0.25, -0.2) is 8.78 Å². The molecule has 0 fully saturated rings. The van der Waals surface area contributed by atoms with Crippen molar-refractivity contribution in [3.63, 3.8) is 0 Å². The van der Waals surface area contributed by atoms with Crippen molar-refractivity contribution in [1.29, 1.82) is 0 Å². The van der Waals surface area contributed by atoms with Crippen LogP contribution in [-0.4, -0.2) is 18.9 Å². The Labute approximate surface area is 117 Å². The van der Waals surface area contributed by atoms with Crippen molar-refractivity contribution in [1.82, 2.24) is 5.32 Å². The molecule has 1 N–H and O–H groups in total. The van der Waals surface area contributed by atoms with Gasteiger partial charge in [0.05, 0.1) is 7.57 Å². The molecular weight excluding hydrogens is 390 g/mol. The Morgan fingerprint density at radius 2 is 2.00 bits per heavy atom. The van der Waals surface area contributed by atoms with Gasteiger partial charge in [0.2, 0.25) is 0 Å².